The number of hydrogen-bond acceptors (Lipinski definition) is 5. The van der Waals surface area contributed by atoms with Gasteiger partial charge in [0.25, 0.3) is 0 Å². The Hall–Kier alpha value is -2.46. The molecule has 8 heteroatoms. The summed E-state index contributed by atoms with van der Waals surface area (Å²) in [6, 6.07) is 3.58. The SMILES string of the molecule is COc1c(NC(=O)C(C)(C)CCCCl)cc2c(c1C)C(CC#N)N(C(=O)OC(C)(C)C)C2. The number of rotatable bonds is 7. The van der Waals surface area contributed by atoms with Crippen LogP contribution in [-0.2, 0) is 16.1 Å². The third kappa shape index (κ3) is 5.66. The van der Waals surface area contributed by atoms with Crippen molar-refractivity contribution in [3.05, 3.63) is 22.8 Å². The van der Waals surface area contributed by atoms with Crippen LogP contribution in [0.15, 0.2) is 6.07 Å². The lowest BCUT2D eigenvalue weighted by molar-refractivity contribution is -0.124. The Kier molecular flexibility index (Phi) is 8.06. The minimum Gasteiger partial charge on any atom is -0.494 e. The van der Waals surface area contributed by atoms with Crippen LogP contribution in [0.1, 0.15) is 76.6 Å². The molecule has 0 saturated heterocycles. The second-order valence-electron chi connectivity index (χ2n) is 9.77. The van der Waals surface area contributed by atoms with E-state index in [4.69, 9.17) is 21.1 Å². The second kappa shape index (κ2) is 9.99. The molecule has 1 atom stereocenters. The lowest BCUT2D eigenvalue weighted by Gasteiger charge is -2.28. The molecule has 2 rings (SSSR count). The zero-order valence-electron chi connectivity index (χ0n) is 20.1. The van der Waals surface area contributed by atoms with Crippen LogP contribution in [0.25, 0.3) is 0 Å². The number of nitrogens with zero attached hydrogens (tertiary/aromatic N) is 2. The summed E-state index contributed by atoms with van der Waals surface area (Å²) < 4.78 is 11.2. The van der Waals surface area contributed by atoms with Gasteiger partial charge >= 0.3 is 6.09 Å². The van der Waals surface area contributed by atoms with E-state index in [1.165, 1.54) is 0 Å². The molecule has 1 N–H and O–H groups in total. The summed E-state index contributed by atoms with van der Waals surface area (Å²) in [6.45, 7) is 11.4. The van der Waals surface area contributed by atoms with Crippen molar-refractivity contribution in [3.8, 4) is 11.8 Å². The molecule has 32 heavy (non-hydrogen) atoms. The average Bonchev–Trinajstić information content (AvgIpc) is 3.04. The number of benzene rings is 1. The maximum Gasteiger partial charge on any atom is 0.411 e. The van der Waals surface area contributed by atoms with Crippen molar-refractivity contribution in [2.75, 3.05) is 18.3 Å². The van der Waals surface area contributed by atoms with Crippen molar-refractivity contribution in [2.45, 2.75) is 79.0 Å². The van der Waals surface area contributed by atoms with E-state index in [9.17, 15) is 14.9 Å². The summed E-state index contributed by atoms with van der Waals surface area (Å²) in [4.78, 5) is 27.4. The third-order valence-corrected chi connectivity index (χ3v) is 5.89. The fraction of sp³-hybridized carbons (Fsp3) is 0.625. The Labute approximate surface area is 196 Å². The number of fused-ring (bicyclic) bond motifs is 1. The molecule has 1 unspecified atom stereocenters. The molecule has 1 aromatic rings. The maximum atomic E-state index is 13.0. The first-order valence-corrected chi connectivity index (χ1v) is 11.3. The van der Waals surface area contributed by atoms with Crippen LogP contribution in [0, 0.1) is 23.7 Å². The van der Waals surface area contributed by atoms with Crippen LogP contribution in [0.5, 0.6) is 5.75 Å². The van der Waals surface area contributed by atoms with Gasteiger partial charge in [-0.15, -0.1) is 11.6 Å². The lowest BCUT2D eigenvalue weighted by atomic mass is 9.86. The van der Waals surface area contributed by atoms with Gasteiger partial charge in [-0.2, -0.15) is 5.26 Å². The highest BCUT2D eigenvalue weighted by Crippen LogP contribution is 2.45. The van der Waals surface area contributed by atoms with Crippen molar-refractivity contribution in [3.63, 3.8) is 0 Å². The van der Waals surface area contributed by atoms with E-state index in [0.717, 1.165) is 23.1 Å². The summed E-state index contributed by atoms with van der Waals surface area (Å²) in [5.41, 5.74) is 1.83. The molecule has 1 aliphatic rings. The maximum absolute atomic E-state index is 13.0. The minimum atomic E-state index is -0.649. The zero-order valence-corrected chi connectivity index (χ0v) is 20.9. The van der Waals surface area contributed by atoms with Gasteiger partial charge in [-0.25, -0.2) is 4.79 Å². The van der Waals surface area contributed by atoms with Gasteiger partial charge in [0.15, 0.2) is 0 Å². The van der Waals surface area contributed by atoms with Crippen LogP contribution in [0.3, 0.4) is 0 Å². The molecule has 2 amide bonds. The van der Waals surface area contributed by atoms with E-state index in [2.05, 4.69) is 11.4 Å². The molecule has 0 aromatic heterocycles. The highest BCUT2D eigenvalue weighted by Gasteiger charge is 2.39. The molecular weight excluding hydrogens is 430 g/mol. The normalized spacial score (nSPS) is 15.7. The molecule has 1 heterocycles. The van der Waals surface area contributed by atoms with E-state index in [1.807, 2.05) is 26.8 Å². The van der Waals surface area contributed by atoms with Crippen LogP contribution < -0.4 is 10.1 Å². The predicted octanol–water partition coefficient (Wildman–Crippen LogP) is 5.69. The predicted molar refractivity (Wildman–Crippen MR) is 125 cm³/mol. The van der Waals surface area contributed by atoms with Gasteiger partial charge in [0.05, 0.1) is 37.9 Å². The van der Waals surface area contributed by atoms with Crippen LogP contribution >= 0.6 is 11.6 Å². The van der Waals surface area contributed by atoms with Crippen molar-refractivity contribution in [1.29, 1.82) is 5.26 Å². The molecule has 0 aliphatic carbocycles. The van der Waals surface area contributed by atoms with Crippen molar-refractivity contribution < 1.29 is 19.1 Å². The molecule has 1 aromatic carbocycles. The zero-order chi connectivity index (χ0) is 24.3. The van der Waals surface area contributed by atoms with E-state index < -0.39 is 23.2 Å². The number of methoxy groups -OCH3 is 1. The van der Waals surface area contributed by atoms with Gasteiger partial charge in [-0.1, -0.05) is 13.8 Å². The average molecular weight is 464 g/mol. The fourth-order valence-corrected chi connectivity index (χ4v) is 4.14. The number of anilines is 1. The van der Waals surface area contributed by atoms with Crippen molar-refractivity contribution in [1.82, 2.24) is 4.90 Å². The second-order valence-corrected chi connectivity index (χ2v) is 10.1. The number of ether oxygens (including phenoxy) is 2. The lowest BCUT2D eigenvalue weighted by Crippen LogP contribution is -2.35. The number of halogens is 1. The van der Waals surface area contributed by atoms with Crippen molar-refractivity contribution >= 4 is 29.3 Å². The van der Waals surface area contributed by atoms with E-state index in [0.29, 0.717) is 30.3 Å². The molecule has 0 spiro atoms. The highest BCUT2D eigenvalue weighted by atomic mass is 35.5. The number of nitrogens with one attached hydrogen (secondary N) is 1. The summed E-state index contributed by atoms with van der Waals surface area (Å²) >= 11 is 5.81. The van der Waals surface area contributed by atoms with Gasteiger partial charge in [0.1, 0.15) is 11.4 Å². The summed E-state index contributed by atoms with van der Waals surface area (Å²) in [5.74, 6) is 0.897. The Morgan fingerprint density at radius 1 is 1.31 bits per heavy atom. The first kappa shape index (κ1) is 25.8. The van der Waals surface area contributed by atoms with Crippen molar-refractivity contribution in [2.24, 2.45) is 5.41 Å². The fourth-order valence-electron chi connectivity index (χ4n) is 4.01. The molecule has 0 fully saturated rings. The summed E-state index contributed by atoms with van der Waals surface area (Å²) in [6.07, 6.45) is 1.06. The van der Waals surface area contributed by atoms with Gasteiger partial charge in [0, 0.05) is 11.3 Å². The highest BCUT2D eigenvalue weighted by molar-refractivity contribution is 6.17. The smallest absolute Gasteiger partial charge is 0.411 e. The largest absolute Gasteiger partial charge is 0.494 e. The van der Waals surface area contributed by atoms with Gasteiger partial charge in [-0.3, -0.25) is 9.69 Å². The first-order chi connectivity index (χ1) is 14.9. The molecule has 176 valence electrons. The van der Waals surface area contributed by atoms with E-state index in [-0.39, 0.29) is 12.3 Å². The van der Waals surface area contributed by atoms with Gasteiger partial charge in [0.2, 0.25) is 5.91 Å². The number of amides is 2. The molecular formula is C24H34ClN3O4. The topological polar surface area (TPSA) is 91.7 Å². The standard InChI is InChI=1S/C24H34ClN3O4/c1-15-19-16(14-28(18(19)9-12-26)22(30)32-23(2,3)4)13-17(20(15)31-7)27-21(29)24(5,6)10-8-11-25/h13,18H,8-11,14H2,1-7H3,(H,27,29). The first-order valence-electron chi connectivity index (χ1n) is 10.8. The molecule has 0 bridgehead atoms. The third-order valence-electron chi connectivity index (χ3n) is 5.62. The molecule has 7 nitrogen and oxygen atoms in total. The number of nitriles is 1. The Bertz CT molecular complexity index is 915. The Morgan fingerprint density at radius 3 is 2.50 bits per heavy atom. The Morgan fingerprint density at radius 2 is 1.97 bits per heavy atom. The summed E-state index contributed by atoms with van der Waals surface area (Å²) in [7, 11) is 1.54. The quantitative estimate of drug-likeness (QED) is 0.524. The van der Waals surface area contributed by atoms with Crippen LogP contribution in [0.4, 0.5) is 10.5 Å². The minimum absolute atomic E-state index is 0.129. The van der Waals surface area contributed by atoms with Gasteiger partial charge < -0.3 is 14.8 Å². The van der Waals surface area contributed by atoms with Crippen LogP contribution in [-0.4, -0.2) is 35.5 Å². The number of carbonyl (C=O) groups excluding carboxylic acids is 2. The van der Waals surface area contributed by atoms with E-state index >= 15 is 0 Å². The molecule has 0 radical (unpaired) electrons. The molecule has 0 saturated carbocycles. The monoisotopic (exact) mass is 463 g/mol. The number of hydrogen-bond donors (Lipinski definition) is 1. The molecule has 1 aliphatic heterocycles. The van der Waals surface area contributed by atoms with Crippen LogP contribution in [0.2, 0.25) is 0 Å². The van der Waals surface area contributed by atoms with Gasteiger partial charge in [-0.05, 0) is 63.3 Å². The Balaban J connectivity index is 2.44. The summed E-state index contributed by atoms with van der Waals surface area (Å²) in [5, 5.41) is 12.4. The number of carbonyl (C=O) groups is 2. The number of alkyl halides is 1. The van der Waals surface area contributed by atoms with E-state index in [1.54, 1.807) is 32.8 Å².